The molecule has 0 bridgehead atoms. The number of anilines is 1. The number of ether oxygens (including phenoxy) is 1. The largest absolute Gasteiger partial charge is 0.442 e. The summed E-state index contributed by atoms with van der Waals surface area (Å²) >= 11 is 0. The van der Waals surface area contributed by atoms with Crippen molar-refractivity contribution in [2.75, 3.05) is 18.0 Å². The molecule has 0 saturated carbocycles. The highest BCUT2D eigenvalue weighted by atomic mass is 19.1. The summed E-state index contributed by atoms with van der Waals surface area (Å²) < 4.78 is 20.2. The van der Waals surface area contributed by atoms with Crippen LogP contribution in [0.4, 0.5) is 14.9 Å². The van der Waals surface area contributed by atoms with Crippen molar-refractivity contribution in [3.05, 3.63) is 83.9 Å². The van der Waals surface area contributed by atoms with Gasteiger partial charge < -0.3 is 21.1 Å². The van der Waals surface area contributed by atoms with Crippen LogP contribution in [0.1, 0.15) is 18.1 Å². The molecular formula is C27H28FN5O4. The number of amides is 3. The van der Waals surface area contributed by atoms with Crippen molar-refractivity contribution in [1.82, 2.24) is 15.6 Å². The van der Waals surface area contributed by atoms with Crippen molar-refractivity contribution in [3.8, 4) is 11.1 Å². The number of cyclic esters (lactones) is 1. The number of nitrogens with one attached hydrogen (secondary N) is 2. The second kappa shape index (κ2) is 11.6. The number of hydrogen-bond acceptors (Lipinski definition) is 6. The Bertz CT molecular complexity index is 1270. The summed E-state index contributed by atoms with van der Waals surface area (Å²) in [5.41, 5.74) is 9.13. The predicted octanol–water partition coefficient (Wildman–Crippen LogP) is 2.54. The van der Waals surface area contributed by atoms with Crippen LogP contribution in [0.25, 0.3) is 11.1 Å². The number of carbonyl (C=O) groups excluding carboxylic acids is 3. The van der Waals surface area contributed by atoms with Gasteiger partial charge in [0.2, 0.25) is 11.8 Å². The van der Waals surface area contributed by atoms with E-state index < -0.39 is 24.1 Å². The third-order valence-electron chi connectivity index (χ3n) is 5.96. The summed E-state index contributed by atoms with van der Waals surface area (Å²) in [6, 6.07) is 14.7. The first-order valence-electron chi connectivity index (χ1n) is 11.8. The molecule has 0 radical (unpaired) electrons. The zero-order valence-electron chi connectivity index (χ0n) is 20.3. The van der Waals surface area contributed by atoms with Gasteiger partial charge in [0, 0.05) is 31.4 Å². The summed E-state index contributed by atoms with van der Waals surface area (Å²) in [6.07, 6.45) is 2.64. The minimum atomic E-state index is -0.690. The highest BCUT2D eigenvalue weighted by Gasteiger charge is 2.32. The smallest absolute Gasteiger partial charge is 0.414 e. The SMILES string of the molecule is CC(=O)NCC1CN(c2ccc(-c3ccc(CNC(=O)C(N)Cc4cccnc4)cc3)c(F)c2)C(=O)O1. The van der Waals surface area contributed by atoms with E-state index in [2.05, 4.69) is 15.6 Å². The van der Waals surface area contributed by atoms with E-state index in [0.29, 0.717) is 23.2 Å². The third kappa shape index (κ3) is 6.68. The van der Waals surface area contributed by atoms with Crippen LogP contribution in [0, 0.1) is 5.82 Å². The Morgan fingerprint density at radius 3 is 2.62 bits per heavy atom. The average molecular weight is 506 g/mol. The summed E-state index contributed by atoms with van der Waals surface area (Å²) in [6.45, 7) is 2.08. The number of hydrogen-bond donors (Lipinski definition) is 3. The monoisotopic (exact) mass is 505 g/mol. The zero-order chi connectivity index (χ0) is 26.4. The Morgan fingerprint density at radius 2 is 1.95 bits per heavy atom. The zero-order valence-corrected chi connectivity index (χ0v) is 20.3. The van der Waals surface area contributed by atoms with E-state index in [1.165, 1.54) is 17.9 Å². The van der Waals surface area contributed by atoms with E-state index in [-0.39, 0.29) is 31.4 Å². The first-order valence-corrected chi connectivity index (χ1v) is 11.8. The van der Waals surface area contributed by atoms with Crippen molar-refractivity contribution in [1.29, 1.82) is 0 Å². The fraction of sp³-hybridized carbons (Fsp3) is 0.259. The number of halogens is 1. The minimum absolute atomic E-state index is 0.196. The molecule has 1 aromatic heterocycles. The molecule has 2 aromatic carbocycles. The molecule has 1 aliphatic rings. The maximum atomic E-state index is 15.0. The molecule has 1 aliphatic heterocycles. The van der Waals surface area contributed by atoms with Gasteiger partial charge in [-0.05, 0) is 47.4 Å². The van der Waals surface area contributed by atoms with E-state index >= 15 is 0 Å². The van der Waals surface area contributed by atoms with Gasteiger partial charge in [0.1, 0.15) is 11.9 Å². The Labute approximate surface area is 213 Å². The lowest BCUT2D eigenvalue weighted by molar-refractivity contribution is -0.122. The van der Waals surface area contributed by atoms with Gasteiger partial charge in [0.25, 0.3) is 0 Å². The summed E-state index contributed by atoms with van der Waals surface area (Å²) in [5, 5.41) is 5.43. The highest BCUT2D eigenvalue weighted by Crippen LogP contribution is 2.29. The molecule has 0 spiro atoms. The number of carbonyl (C=O) groups is 3. The topological polar surface area (TPSA) is 127 Å². The predicted molar refractivity (Wildman–Crippen MR) is 136 cm³/mol. The van der Waals surface area contributed by atoms with E-state index in [4.69, 9.17) is 10.5 Å². The number of nitrogens with zero attached hydrogens (tertiary/aromatic N) is 2. The molecule has 4 N–H and O–H groups in total. The molecule has 2 atom stereocenters. The summed E-state index contributed by atoms with van der Waals surface area (Å²) in [7, 11) is 0. The van der Waals surface area contributed by atoms with Crippen LogP contribution in [0.15, 0.2) is 67.0 Å². The van der Waals surface area contributed by atoms with Gasteiger partial charge in [-0.15, -0.1) is 0 Å². The van der Waals surface area contributed by atoms with Crippen LogP contribution in [0.5, 0.6) is 0 Å². The van der Waals surface area contributed by atoms with Crippen LogP contribution >= 0.6 is 0 Å². The van der Waals surface area contributed by atoms with E-state index in [1.54, 1.807) is 54.9 Å². The van der Waals surface area contributed by atoms with Crippen LogP contribution < -0.4 is 21.3 Å². The number of rotatable bonds is 9. The molecule has 1 fully saturated rings. The fourth-order valence-electron chi connectivity index (χ4n) is 3.99. The van der Waals surface area contributed by atoms with Crippen LogP contribution in [-0.2, 0) is 27.3 Å². The molecule has 37 heavy (non-hydrogen) atoms. The number of pyridine rings is 1. The van der Waals surface area contributed by atoms with Gasteiger partial charge >= 0.3 is 6.09 Å². The molecule has 2 unspecified atom stereocenters. The van der Waals surface area contributed by atoms with Gasteiger partial charge in [-0.2, -0.15) is 0 Å². The van der Waals surface area contributed by atoms with Gasteiger partial charge in [-0.3, -0.25) is 19.5 Å². The molecule has 192 valence electrons. The Morgan fingerprint density at radius 1 is 1.16 bits per heavy atom. The van der Waals surface area contributed by atoms with Crippen LogP contribution in [-0.4, -0.2) is 48.1 Å². The molecule has 9 nitrogen and oxygen atoms in total. The molecule has 0 aliphatic carbocycles. The van der Waals surface area contributed by atoms with E-state index in [1.807, 2.05) is 6.07 Å². The first kappa shape index (κ1) is 25.8. The molecule has 4 rings (SSSR count). The van der Waals surface area contributed by atoms with Crippen molar-refractivity contribution >= 4 is 23.6 Å². The van der Waals surface area contributed by atoms with Gasteiger partial charge in [-0.25, -0.2) is 9.18 Å². The quantitative estimate of drug-likeness (QED) is 0.410. The summed E-state index contributed by atoms with van der Waals surface area (Å²) in [4.78, 5) is 41.0. The normalized spacial score (nSPS) is 15.7. The molecule has 2 heterocycles. The molecule has 1 saturated heterocycles. The number of nitrogens with two attached hydrogens (primary N) is 1. The third-order valence-corrected chi connectivity index (χ3v) is 5.96. The minimum Gasteiger partial charge on any atom is -0.442 e. The van der Waals surface area contributed by atoms with Crippen molar-refractivity contribution < 1.29 is 23.5 Å². The number of benzene rings is 2. The molecule has 10 heteroatoms. The molecule has 3 aromatic rings. The lowest BCUT2D eigenvalue weighted by Gasteiger charge is -2.15. The maximum Gasteiger partial charge on any atom is 0.414 e. The Hall–Kier alpha value is -4.31. The highest BCUT2D eigenvalue weighted by molar-refractivity contribution is 5.90. The van der Waals surface area contributed by atoms with E-state index in [0.717, 1.165) is 11.1 Å². The lowest BCUT2D eigenvalue weighted by atomic mass is 10.0. The molecule has 3 amide bonds. The van der Waals surface area contributed by atoms with Crippen molar-refractivity contribution in [2.24, 2.45) is 5.73 Å². The molecular weight excluding hydrogens is 477 g/mol. The second-order valence-corrected chi connectivity index (χ2v) is 8.80. The maximum absolute atomic E-state index is 15.0. The standard InChI is InChI=1S/C27H28FN5O4/c1-17(34)31-15-22-16-33(27(36)37-22)21-8-9-23(24(28)12-21)20-6-4-18(5-7-20)14-32-26(35)25(29)11-19-3-2-10-30-13-19/h2-10,12-13,22,25H,11,14-16,29H2,1H3,(H,31,34)(H,32,35). The lowest BCUT2D eigenvalue weighted by Crippen LogP contribution is -2.41. The average Bonchev–Trinajstić information content (AvgIpc) is 3.27. The second-order valence-electron chi connectivity index (χ2n) is 8.80. The Balaban J connectivity index is 1.34. The Kier molecular flexibility index (Phi) is 8.09. The van der Waals surface area contributed by atoms with Crippen molar-refractivity contribution in [3.63, 3.8) is 0 Å². The fourth-order valence-corrected chi connectivity index (χ4v) is 3.99. The van der Waals surface area contributed by atoms with Crippen LogP contribution in [0.3, 0.4) is 0 Å². The van der Waals surface area contributed by atoms with Gasteiger partial charge in [-0.1, -0.05) is 30.3 Å². The van der Waals surface area contributed by atoms with Gasteiger partial charge in [0.05, 0.1) is 24.8 Å². The first-order chi connectivity index (χ1) is 17.8. The van der Waals surface area contributed by atoms with Crippen molar-refractivity contribution in [2.45, 2.75) is 32.0 Å². The van der Waals surface area contributed by atoms with Crippen LogP contribution in [0.2, 0.25) is 0 Å². The van der Waals surface area contributed by atoms with E-state index in [9.17, 15) is 18.8 Å². The summed E-state index contributed by atoms with van der Waals surface area (Å²) in [5.74, 6) is -0.977. The van der Waals surface area contributed by atoms with Gasteiger partial charge in [0.15, 0.2) is 0 Å². The number of aromatic nitrogens is 1.